The van der Waals surface area contributed by atoms with Crippen molar-refractivity contribution in [1.29, 1.82) is 5.26 Å². The van der Waals surface area contributed by atoms with Crippen molar-refractivity contribution >= 4 is 17.6 Å². The highest BCUT2D eigenvalue weighted by molar-refractivity contribution is 5.98. The van der Waals surface area contributed by atoms with Gasteiger partial charge in [0.05, 0.1) is 11.6 Å². The van der Waals surface area contributed by atoms with Crippen LogP contribution >= 0.6 is 0 Å². The number of benzene rings is 2. The normalized spacial score (nSPS) is 11.1. The van der Waals surface area contributed by atoms with Gasteiger partial charge in [-0.15, -0.1) is 0 Å². The number of carbonyl (C=O) groups excluding carboxylic acids is 2. The Kier molecular flexibility index (Phi) is 4.95. The molecule has 0 radical (unpaired) electrons. The first-order valence-electron chi connectivity index (χ1n) is 6.81. The van der Waals surface area contributed by atoms with Crippen molar-refractivity contribution in [3.05, 3.63) is 59.7 Å². The summed E-state index contributed by atoms with van der Waals surface area (Å²) < 4.78 is 5.03. The van der Waals surface area contributed by atoms with E-state index >= 15 is 0 Å². The summed E-state index contributed by atoms with van der Waals surface area (Å²) in [5, 5.41) is 20.9. The first-order chi connectivity index (χ1) is 11.0. The molecule has 0 aliphatic heterocycles. The predicted octanol–water partition coefficient (Wildman–Crippen LogP) is 2.45. The Morgan fingerprint density at radius 1 is 1.17 bits per heavy atom. The Balaban J connectivity index is 1.98. The number of amides is 1. The number of carbonyl (C=O) groups is 2. The van der Waals surface area contributed by atoms with Crippen LogP contribution in [0.2, 0.25) is 0 Å². The average Bonchev–Trinajstić information content (AvgIpc) is 2.55. The molecular formula is C17H14N2O4. The van der Waals surface area contributed by atoms with Crippen LogP contribution in [-0.4, -0.2) is 23.1 Å². The van der Waals surface area contributed by atoms with Crippen LogP contribution in [0.3, 0.4) is 0 Å². The zero-order chi connectivity index (χ0) is 16.8. The van der Waals surface area contributed by atoms with Gasteiger partial charge >= 0.3 is 5.97 Å². The minimum atomic E-state index is -1.04. The molecule has 1 atom stereocenters. The van der Waals surface area contributed by atoms with Gasteiger partial charge in [0.2, 0.25) is 0 Å². The van der Waals surface area contributed by atoms with Crippen LogP contribution in [0.25, 0.3) is 0 Å². The van der Waals surface area contributed by atoms with Gasteiger partial charge in [-0.2, -0.15) is 5.26 Å². The van der Waals surface area contributed by atoms with E-state index in [0.717, 1.165) is 0 Å². The van der Waals surface area contributed by atoms with E-state index < -0.39 is 18.0 Å². The molecule has 0 saturated carbocycles. The number of rotatable bonds is 4. The number of phenolic OH excluding ortho intramolecular Hbond substituents is 1. The van der Waals surface area contributed by atoms with E-state index in [1.54, 1.807) is 36.4 Å². The summed E-state index contributed by atoms with van der Waals surface area (Å²) in [6.07, 6.45) is -1.04. The van der Waals surface area contributed by atoms with Crippen molar-refractivity contribution in [2.45, 2.75) is 13.0 Å². The van der Waals surface area contributed by atoms with Crippen LogP contribution in [0.5, 0.6) is 5.75 Å². The second-order valence-electron chi connectivity index (χ2n) is 4.74. The third-order valence-corrected chi connectivity index (χ3v) is 3.06. The largest absolute Gasteiger partial charge is 0.507 e. The molecule has 116 valence electrons. The van der Waals surface area contributed by atoms with E-state index in [2.05, 4.69) is 5.32 Å². The molecule has 0 aliphatic rings. The van der Waals surface area contributed by atoms with Crippen molar-refractivity contribution in [1.82, 2.24) is 0 Å². The molecule has 1 amide bonds. The number of hydrogen-bond donors (Lipinski definition) is 2. The predicted molar refractivity (Wildman–Crippen MR) is 82.8 cm³/mol. The van der Waals surface area contributed by atoms with Crippen LogP contribution in [0.15, 0.2) is 48.5 Å². The summed E-state index contributed by atoms with van der Waals surface area (Å²) in [6, 6.07) is 14.2. The fourth-order valence-corrected chi connectivity index (χ4v) is 1.80. The highest BCUT2D eigenvalue weighted by Crippen LogP contribution is 2.17. The maximum Gasteiger partial charge on any atom is 0.342 e. The van der Waals surface area contributed by atoms with E-state index in [-0.39, 0.29) is 11.3 Å². The summed E-state index contributed by atoms with van der Waals surface area (Å²) in [4.78, 5) is 23.9. The van der Waals surface area contributed by atoms with Crippen molar-refractivity contribution in [2.24, 2.45) is 0 Å². The van der Waals surface area contributed by atoms with Crippen LogP contribution in [0.4, 0.5) is 5.69 Å². The van der Waals surface area contributed by atoms with E-state index in [1.165, 1.54) is 19.1 Å². The lowest BCUT2D eigenvalue weighted by atomic mass is 10.2. The highest BCUT2D eigenvalue weighted by Gasteiger charge is 2.20. The van der Waals surface area contributed by atoms with Crippen molar-refractivity contribution < 1.29 is 19.4 Å². The van der Waals surface area contributed by atoms with E-state index in [1.807, 2.05) is 6.07 Å². The zero-order valence-electron chi connectivity index (χ0n) is 12.3. The van der Waals surface area contributed by atoms with Gasteiger partial charge in [0.25, 0.3) is 5.91 Å². The second-order valence-corrected chi connectivity index (χ2v) is 4.74. The lowest BCUT2D eigenvalue weighted by Gasteiger charge is -2.14. The summed E-state index contributed by atoms with van der Waals surface area (Å²) in [7, 11) is 0. The number of esters is 1. The molecule has 0 heterocycles. The Morgan fingerprint density at radius 2 is 1.83 bits per heavy atom. The molecule has 0 saturated heterocycles. The lowest BCUT2D eigenvalue weighted by molar-refractivity contribution is -0.123. The van der Waals surface area contributed by atoms with Gasteiger partial charge in [-0.1, -0.05) is 12.1 Å². The third kappa shape index (κ3) is 4.08. The smallest absolute Gasteiger partial charge is 0.342 e. The SMILES string of the molecule is C[C@H](OC(=O)c1ccccc1O)C(=O)Nc1ccc(C#N)cc1. The van der Waals surface area contributed by atoms with Gasteiger partial charge in [0, 0.05) is 5.69 Å². The molecule has 6 heteroatoms. The number of phenols is 1. The molecule has 0 aromatic heterocycles. The molecule has 6 nitrogen and oxygen atoms in total. The average molecular weight is 310 g/mol. The fraction of sp³-hybridized carbons (Fsp3) is 0.118. The molecule has 23 heavy (non-hydrogen) atoms. The number of hydrogen-bond acceptors (Lipinski definition) is 5. The fourth-order valence-electron chi connectivity index (χ4n) is 1.80. The lowest BCUT2D eigenvalue weighted by Crippen LogP contribution is -2.30. The van der Waals surface area contributed by atoms with Gasteiger partial charge in [-0.25, -0.2) is 4.79 Å². The summed E-state index contributed by atoms with van der Waals surface area (Å²) in [5.74, 6) is -1.51. The maximum atomic E-state index is 12.0. The molecular weight excluding hydrogens is 296 g/mol. The Labute approximate surface area is 132 Å². The number of nitriles is 1. The van der Waals surface area contributed by atoms with Gasteiger partial charge in [-0.3, -0.25) is 4.79 Å². The number of aromatic hydroxyl groups is 1. The molecule has 2 aromatic rings. The van der Waals surface area contributed by atoms with Crippen LogP contribution in [-0.2, 0) is 9.53 Å². The Bertz CT molecular complexity index is 763. The third-order valence-electron chi connectivity index (χ3n) is 3.06. The first-order valence-corrected chi connectivity index (χ1v) is 6.81. The van der Waals surface area contributed by atoms with Gasteiger partial charge in [0.1, 0.15) is 11.3 Å². The Morgan fingerprint density at radius 3 is 2.43 bits per heavy atom. The number of anilines is 1. The highest BCUT2D eigenvalue weighted by atomic mass is 16.5. The molecule has 2 rings (SSSR count). The van der Waals surface area contributed by atoms with E-state index in [9.17, 15) is 14.7 Å². The van der Waals surface area contributed by atoms with Crippen molar-refractivity contribution in [3.63, 3.8) is 0 Å². The Hall–Kier alpha value is -3.33. The number of nitrogens with zero attached hydrogens (tertiary/aromatic N) is 1. The van der Waals surface area contributed by atoms with Crippen LogP contribution < -0.4 is 5.32 Å². The number of para-hydroxylation sites is 1. The number of ether oxygens (including phenoxy) is 1. The van der Waals surface area contributed by atoms with Crippen molar-refractivity contribution in [3.8, 4) is 11.8 Å². The number of nitrogens with one attached hydrogen (secondary N) is 1. The molecule has 0 aliphatic carbocycles. The summed E-state index contributed by atoms with van der Waals surface area (Å²) in [5.41, 5.74) is 0.951. The van der Waals surface area contributed by atoms with E-state index in [4.69, 9.17) is 10.00 Å². The van der Waals surface area contributed by atoms with Crippen LogP contribution in [0, 0.1) is 11.3 Å². The van der Waals surface area contributed by atoms with Crippen molar-refractivity contribution in [2.75, 3.05) is 5.32 Å². The molecule has 0 spiro atoms. The maximum absolute atomic E-state index is 12.0. The zero-order valence-corrected chi connectivity index (χ0v) is 12.3. The molecule has 0 bridgehead atoms. The monoisotopic (exact) mass is 310 g/mol. The minimum Gasteiger partial charge on any atom is -0.507 e. The quantitative estimate of drug-likeness (QED) is 0.845. The molecule has 2 aromatic carbocycles. The van der Waals surface area contributed by atoms with E-state index in [0.29, 0.717) is 11.3 Å². The van der Waals surface area contributed by atoms with Gasteiger partial charge < -0.3 is 15.2 Å². The second kappa shape index (κ2) is 7.09. The van der Waals surface area contributed by atoms with Gasteiger partial charge in [-0.05, 0) is 43.3 Å². The summed E-state index contributed by atoms with van der Waals surface area (Å²) in [6.45, 7) is 1.43. The standard InChI is InChI=1S/C17H14N2O4/c1-11(23-17(22)14-4-2-3-5-15(14)20)16(21)19-13-8-6-12(10-18)7-9-13/h2-9,11,20H,1H3,(H,19,21)/t11-/m0/s1. The molecule has 0 unspecified atom stereocenters. The first kappa shape index (κ1) is 16.0. The topological polar surface area (TPSA) is 99.4 Å². The van der Waals surface area contributed by atoms with Crippen LogP contribution in [0.1, 0.15) is 22.8 Å². The molecule has 2 N–H and O–H groups in total. The minimum absolute atomic E-state index is 0.00877. The van der Waals surface area contributed by atoms with Gasteiger partial charge in [0.15, 0.2) is 6.10 Å². The molecule has 0 fully saturated rings. The summed E-state index contributed by atoms with van der Waals surface area (Å²) >= 11 is 0.